The van der Waals surface area contributed by atoms with Gasteiger partial charge in [-0.15, -0.1) is 11.3 Å². The van der Waals surface area contributed by atoms with Gasteiger partial charge in [0, 0.05) is 44.0 Å². The Labute approximate surface area is 193 Å². The zero-order valence-corrected chi connectivity index (χ0v) is 19.4. The number of hydrogen-bond acceptors (Lipinski definition) is 6. The minimum atomic E-state index is 0.0321. The number of nitrogens with zero attached hydrogens (tertiary/aromatic N) is 3. The van der Waals surface area contributed by atoms with E-state index >= 15 is 0 Å². The molecular formula is C26H28N4OS. The Balaban J connectivity index is 1.44. The van der Waals surface area contributed by atoms with Crippen molar-refractivity contribution in [2.24, 2.45) is 0 Å². The number of benzene rings is 2. The summed E-state index contributed by atoms with van der Waals surface area (Å²) < 4.78 is 5.76. The van der Waals surface area contributed by atoms with Crippen molar-refractivity contribution in [2.75, 3.05) is 26.2 Å². The molecule has 1 aromatic heterocycles. The summed E-state index contributed by atoms with van der Waals surface area (Å²) in [7, 11) is 0. The number of ether oxygens (including phenoxy) is 1. The summed E-state index contributed by atoms with van der Waals surface area (Å²) in [5.41, 5.74) is 5.78. The van der Waals surface area contributed by atoms with Gasteiger partial charge < -0.3 is 10.1 Å². The SMILES string of the molecule is CC(C)Oc1ccc(-c2ncc(-c3cccc4c3CCC4N3CCNCC3)s2)cc1C#N. The number of rotatable bonds is 5. The minimum Gasteiger partial charge on any atom is -0.490 e. The highest BCUT2D eigenvalue weighted by Crippen LogP contribution is 2.43. The lowest BCUT2D eigenvalue weighted by atomic mass is 10.0. The van der Waals surface area contributed by atoms with Crippen molar-refractivity contribution < 1.29 is 4.74 Å². The minimum absolute atomic E-state index is 0.0321. The van der Waals surface area contributed by atoms with Gasteiger partial charge in [-0.05, 0) is 61.6 Å². The normalized spacial score (nSPS) is 18.5. The van der Waals surface area contributed by atoms with E-state index in [1.807, 2.05) is 38.2 Å². The van der Waals surface area contributed by atoms with E-state index in [1.165, 1.54) is 28.0 Å². The van der Waals surface area contributed by atoms with Gasteiger partial charge in [-0.3, -0.25) is 4.90 Å². The number of fused-ring (bicyclic) bond motifs is 1. The maximum Gasteiger partial charge on any atom is 0.137 e. The van der Waals surface area contributed by atoms with Crippen LogP contribution >= 0.6 is 11.3 Å². The Hall–Kier alpha value is -2.72. The molecule has 0 saturated carbocycles. The fourth-order valence-corrected chi connectivity index (χ4v) is 5.84. The number of nitriles is 1. The molecule has 1 unspecified atom stereocenters. The second kappa shape index (κ2) is 9.03. The first kappa shape index (κ1) is 21.1. The maximum atomic E-state index is 9.57. The van der Waals surface area contributed by atoms with Gasteiger partial charge in [-0.2, -0.15) is 5.26 Å². The molecule has 1 aliphatic heterocycles. The number of nitrogens with one attached hydrogen (secondary N) is 1. The van der Waals surface area contributed by atoms with Gasteiger partial charge in [0.1, 0.15) is 16.8 Å². The van der Waals surface area contributed by atoms with E-state index in [0.29, 0.717) is 17.4 Å². The molecule has 0 radical (unpaired) electrons. The number of thiazole rings is 1. The van der Waals surface area contributed by atoms with E-state index in [-0.39, 0.29) is 6.10 Å². The summed E-state index contributed by atoms with van der Waals surface area (Å²) in [6.45, 7) is 8.33. The van der Waals surface area contributed by atoms with E-state index in [4.69, 9.17) is 9.72 Å². The van der Waals surface area contributed by atoms with Gasteiger partial charge in [0.2, 0.25) is 0 Å². The zero-order chi connectivity index (χ0) is 22.1. The Kier molecular flexibility index (Phi) is 5.97. The molecule has 0 bridgehead atoms. The van der Waals surface area contributed by atoms with Crippen molar-refractivity contribution in [2.45, 2.75) is 38.8 Å². The monoisotopic (exact) mass is 444 g/mol. The largest absolute Gasteiger partial charge is 0.490 e. The van der Waals surface area contributed by atoms with Gasteiger partial charge >= 0.3 is 0 Å². The Morgan fingerprint density at radius 1 is 1.22 bits per heavy atom. The smallest absolute Gasteiger partial charge is 0.137 e. The standard InChI is InChI=1S/C26H28N4OS/c1-17(2)31-24-9-6-18(14-19(24)15-27)26-29-16-25(32-26)22-5-3-4-21-20(22)7-8-23(21)30-12-10-28-11-13-30/h3-6,9,14,16-17,23,28H,7-8,10-13H2,1-2H3. The molecular weight excluding hydrogens is 416 g/mol. The molecule has 5 nitrogen and oxygen atoms in total. The molecule has 3 aromatic rings. The van der Waals surface area contributed by atoms with Gasteiger partial charge in [0.05, 0.1) is 16.5 Å². The lowest BCUT2D eigenvalue weighted by Gasteiger charge is -2.33. The molecule has 1 N–H and O–H groups in total. The number of piperazine rings is 1. The van der Waals surface area contributed by atoms with Crippen LogP contribution in [0.5, 0.6) is 5.75 Å². The molecule has 0 spiro atoms. The summed E-state index contributed by atoms with van der Waals surface area (Å²) in [5, 5.41) is 14.0. The topological polar surface area (TPSA) is 61.2 Å². The molecule has 2 heterocycles. The van der Waals surface area contributed by atoms with Gasteiger partial charge in [0.25, 0.3) is 0 Å². The predicted octanol–water partition coefficient (Wildman–Crippen LogP) is 5.03. The molecule has 164 valence electrons. The summed E-state index contributed by atoms with van der Waals surface area (Å²) in [4.78, 5) is 8.54. The fourth-order valence-electron chi connectivity index (χ4n) is 4.88. The van der Waals surface area contributed by atoms with Crippen molar-refractivity contribution in [3.63, 3.8) is 0 Å². The van der Waals surface area contributed by atoms with Gasteiger partial charge in [-0.25, -0.2) is 4.98 Å². The van der Waals surface area contributed by atoms with E-state index < -0.39 is 0 Å². The Bertz CT molecular complexity index is 1160. The molecule has 1 saturated heterocycles. The third-order valence-corrected chi connectivity index (χ3v) is 7.39. The quantitative estimate of drug-likeness (QED) is 0.598. The van der Waals surface area contributed by atoms with Crippen LogP contribution < -0.4 is 10.1 Å². The maximum absolute atomic E-state index is 9.57. The second-order valence-corrected chi connectivity index (χ2v) is 9.76. The Morgan fingerprint density at radius 2 is 2.06 bits per heavy atom. The molecule has 5 rings (SSSR count). The lowest BCUT2D eigenvalue weighted by Crippen LogP contribution is -2.44. The first-order valence-electron chi connectivity index (χ1n) is 11.4. The van der Waals surface area contributed by atoms with Crippen molar-refractivity contribution >= 4 is 11.3 Å². The first-order valence-corrected chi connectivity index (χ1v) is 12.2. The van der Waals surface area contributed by atoms with Gasteiger partial charge in [-0.1, -0.05) is 18.2 Å². The Morgan fingerprint density at radius 3 is 2.84 bits per heavy atom. The van der Waals surface area contributed by atoms with E-state index in [9.17, 15) is 5.26 Å². The average molecular weight is 445 g/mol. The molecule has 1 fully saturated rings. The van der Waals surface area contributed by atoms with Gasteiger partial charge in [0.15, 0.2) is 0 Å². The second-order valence-electron chi connectivity index (χ2n) is 8.73. The first-order chi connectivity index (χ1) is 15.6. The summed E-state index contributed by atoms with van der Waals surface area (Å²) in [6, 6.07) is 15.3. The molecule has 0 amide bonds. The van der Waals surface area contributed by atoms with E-state index in [1.54, 1.807) is 11.3 Å². The molecule has 2 aromatic carbocycles. The number of aromatic nitrogens is 1. The van der Waals surface area contributed by atoms with Crippen LogP contribution in [-0.2, 0) is 6.42 Å². The van der Waals surface area contributed by atoms with Crippen LogP contribution in [0, 0.1) is 11.3 Å². The van der Waals surface area contributed by atoms with Crippen LogP contribution in [0.15, 0.2) is 42.6 Å². The number of hydrogen-bond donors (Lipinski definition) is 1. The van der Waals surface area contributed by atoms with E-state index in [0.717, 1.165) is 43.2 Å². The third kappa shape index (κ3) is 4.04. The van der Waals surface area contributed by atoms with Crippen LogP contribution in [0.2, 0.25) is 0 Å². The van der Waals surface area contributed by atoms with Crippen molar-refractivity contribution in [3.8, 4) is 32.8 Å². The predicted molar refractivity (Wildman–Crippen MR) is 129 cm³/mol. The average Bonchev–Trinajstić information content (AvgIpc) is 3.47. The summed E-state index contributed by atoms with van der Waals surface area (Å²) in [6.07, 6.45) is 4.33. The highest BCUT2D eigenvalue weighted by atomic mass is 32.1. The van der Waals surface area contributed by atoms with Crippen molar-refractivity contribution in [1.29, 1.82) is 5.26 Å². The van der Waals surface area contributed by atoms with Crippen LogP contribution in [-0.4, -0.2) is 42.2 Å². The van der Waals surface area contributed by atoms with E-state index in [2.05, 4.69) is 34.5 Å². The molecule has 32 heavy (non-hydrogen) atoms. The highest BCUT2D eigenvalue weighted by Gasteiger charge is 2.30. The lowest BCUT2D eigenvalue weighted by molar-refractivity contribution is 0.173. The summed E-state index contributed by atoms with van der Waals surface area (Å²) in [5.74, 6) is 0.628. The van der Waals surface area contributed by atoms with Crippen LogP contribution in [0.25, 0.3) is 21.0 Å². The molecule has 1 aliphatic carbocycles. The molecule has 1 atom stereocenters. The zero-order valence-electron chi connectivity index (χ0n) is 18.6. The molecule has 6 heteroatoms. The summed E-state index contributed by atoms with van der Waals surface area (Å²) >= 11 is 1.70. The van der Waals surface area contributed by atoms with Crippen LogP contribution in [0.4, 0.5) is 0 Å². The molecule has 2 aliphatic rings. The third-order valence-electron chi connectivity index (χ3n) is 6.31. The van der Waals surface area contributed by atoms with Crippen LogP contribution in [0.3, 0.4) is 0 Å². The van der Waals surface area contributed by atoms with Crippen LogP contribution in [0.1, 0.15) is 43.0 Å². The van der Waals surface area contributed by atoms with Crippen molar-refractivity contribution in [1.82, 2.24) is 15.2 Å². The van der Waals surface area contributed by atoms with Crippen molar-refractivity contribution in [3.05, 3.63) is 59.3 Å². The highest BCUT2D eigenvalue weighted by molar-refractivity contribution is 7.18. The fraction of sp³-hybridized carbons (Fsp3) is 0.385.